The maximum Gasteiger partial charge on any atom is 0.134 e. The van der Waals surface area contributed by atoms with Crippen LogP contribution in [0.25, 0.3) is 0 Å². The number of hydrogen-bond donors (Lipinski definition) is 2. The number of hydrogen-bond acceptors (Lipinski definition) is 2. The third kappa shape index (κ3) is 1.17. The van der Waals surface area contributed by atoms with Crippen LogP contribution in [0.4, 0.5) is 0 Å². The number of nitrogens with two attached hydrogens (primary N) is 1. The van der Waals surface area contributed by atoms with Gasteiger partial charge in [-0.05, 0) is 30.5 Å². The lowest BCUT2D eigenvalue weighted by Crippen LogP contribution is -2.18. The summed E-state index contributed by atoms with van der Waals surface area (Å²) in [5.41, 5.74) is 6.80. The number of phenolic OH excluding ortho intramolecular Hbond substituents is 1. The summed E-state index contributed by atoms with van der Waals surface area (Å²) < 4.78 is 0. The quantitative estimate of drug-likeness (QED) is 0.700. The van der Waals surface area contributed by atoms with Gasteiger partial charge in [0.25, 0.3) is 0 Å². The van der Waals surface area contributed by atoms with Crippen molar-refractivity contribution in [2.75, 3.05) is 0 Å². The van der Waals surface area contributed by atoms with Crippen LogP contribution in [0.5, 0.6) is 5.75 Å². The Hall–Kier alpha value is -0.730. The van der Waals surface area contributed by atoms with Gasteiger partial charge in [0.1, 0.15) is 5.75 Å². The van der Waals surface area contributed by atoms with Gasteiger partial charge in [-0.15, -0.1) is 0 Å². The summed E-state index contributed by atoms with van der Waals surface area (Å²) in [5, 5.41) is 9.54. The normalized spacial score (nSPS) is 19.2. The molecule has 1 aliphatic rings. The molecular formula is C9H10ClNO. The molecule has 1 fully saturated rings. The third-order valence-electron chi connectivity index (χ3n) is 2.31. The van der Waals surface area contributed by atoms with Crippen LogP contribution in [0.2, 0.25) is 5.02 Å². The van der Waals surface area contributed by atoms with Crippen molar-refractivity contribution >= 4 is 11.6 Å². The molecule has 1 aromatic carbocycles. The Bertz CT molecular complexity index is 320. The van der Waals surface area contributed by atoms with Crippen molar-refractivity contribution in [2.24, 2.45) is 5.73 Å². The van der Waals surface area contributed by atoms with Gasteiger partial charge >= 0.3 is 0 Å². The van der Waals surface area contributed by atoms with Crippen LogP contribution in [0.3, 0.4) is 0 Å². The highest BCUT2D eigenvalue weighted by atomic mass is 35.5. The molecule has 3 N–H and O–H groups in total. The van der Waals surface area contributed by atoms with Gasteiger partial charge in [-0.3, -0.25) is 0 Å². The largest absolute Gasteiger partial charge is 0.506 e. The first-order valence-corrected chi connectivity index (χ1v) is 4.27. The third-order valence-corrected chi connectivity index (χ3v) is 2.61. The molecule has 64 valence electrons. The maximum absolute atomic E-state index is 9.16. The van der Waals surface area contributed by atoms with Crippen molar-refractivity contribution in [3.05, 3.63) is 28.8 Å². The standard InChI is InChI=1S/C9H10ClNO/c10-7-5-6(1-2-8(7)12)9(11)3-4-9/h1-2,5,12H,3-4,11H2. The van der Waals surface area contributed by atoms with Gasteiger partial charge in [-0.2, -0.15) is 0 Å². The van der Waals surface area contributed by atoms with Crippen LogP contribution in [0, 0.1) is 0 Å². The summed E-state index contributed by atoms with van der Waals surface area (Å²) in [4.78, 5) is 0. The molecule has 2 nitrogen and oxygen atoms in total. The van der Waals surface area contributed by atoms with E-state index in [2.05, 4.69) is 0 Å². The van der Waals surface area contributed by atoms with Crippen molar-refractivity contribution in [1.29, 1.82) is 0 Å². The molecule has 1 saturated carbocycles. The van der Waals surface area contributed by atoms with Gasteiger partial charge in [0.05, 0.1) is 5.02 Å². The molecule has 0 aromatic heterocycles. The van der Waals surface area contributed by atoms with E-state index in [0.717, 1.165) is 18.4 Å². The highest BCUT2D eigenvalue weighted by Gasteiger charge is 2.40. The zero-order chi connectivity index (χ0) is 8.77. The highest BCUT2D eigenvalue weighted by molar-refractivity contribution is 6.32. The molecule has 0 saturated heterocycles. The summed E-state index contributed by atoms with van der Waals surface area (Å²) in [5.74, 6) is 0.115. The monoisotopic (exact) mass is 183 g/mol. The number of benzene rings is 1. The molecule has 0 heterocycles. The molecule has 0 bridgehead atoms. The summed E-state index contributed by atoms with van der Waals surface area (Å²) in [6, 6.07) is 5.16. The van der Waals surface area contributed by atoms with Crippen molar-refractivity contribution in [3.63, 3.8) is 0 Å². The zero-order valence-corrected chi connectivity index (χ0v) is 7.30. The Morgan fingerprint density at radius 1 is 1.42 bits per heavy atom. The summed E-state index contributed by atoms with van der Waals surface area (Å²) in [6.45, 7) is 0. The predicted octanol–water partition coefficient (Wildman–Crippen LogP) is 1.99. The predicted molar refractivity (Wildman–Crippen MR) is 48.2 cm³/mol. The minimum Gasteiger partial charge on any atom is -0.506 e. The lowest BCUT2D eigenvalue weighted by atomic mass is 10.1. The van der Waals surface area contributed by atoms with E-state index in [1.807, 2.05) is 6.07 Å². The van der Waals surface area contributed by atoms with Crippen molar-refractivity contribution in [3.8, 4) is 5.75 Å². The Morgan fingerprint density at radius 3 is 2.58 bits per heavy atom. The molecule has 2 rings (SSSR count). The molecule has 3 heteroatoms. The average Bonchev–Trinajstić information content (AvgIpc) is 2.75. The molecule has 12 heavy (non-hydrogen) atoms. The number of aromatic hydroxyl groups is 1. The molecule has 0 unspecified atom stereocenters. The van der Waals surface area contributed by atoms with E-state index >= 15 is 0 Å². The van der Waals surface area contributed by atoms with Crippen LogP contribution >= 0.6 is 11.6 Å². The molecule has 1 aromatic rings. The Morgan fingerprint density at radius 2 is 2.08 bits per heavy atom. The van der Waals surface area contributed by atoms with Gasteiger partial charge in [0.15, 0.2) is 0 Å². The second-order valence-corrected chi connectivity index (χ2v) is 3.73. The molecule has 0 amide bonds. The van der Waals surface area contributed by atoms with Crippen LogP contribution in [-0.4, -0.2) is 5.11 Å². The first-order valence-electron chi connectivity index (χ1n) is 3.90. The van der Waals surface area contributed by atoms with Crippen LogP contribution in [-0.2, 0) is 5.54 Å². The van der Waals surface area contributed by atoms with E-state index in [0.29, 0.717) is 5.02 Å². The van der Waals surface area contributed by atoms with E-state index in [9.17, 15) is 0 Å². The fourth-order valence-electron chi connectivity index (χ4n) is 1.24. The van der Waals surface area contributed by atoms with Crippen molar-refractivity contribution in [1.82, 2.24) is 0 Å². The van der Waals surface area contributed by atoms with Crippen molar-refractivity contribution in [2.45, 2.75) is 18.4 Å². The van der Waals surface area contributed by atoms with Crippen LogP contribution in [0.15, 0.2) is 18.2 Å². The minimum atomic E-state index is -0.169. The summed E-state index contributed by atoms with van der Waals surface area (Å²) in [7, 11) is 0. The van der Waals surface area contributed by atoms with Crippen LogP contribution < -0.4 is 5.73 Å². The smallest absolute Gasteiger partial charge is 0.134 e. The van der Waals surface area contributed by atoms with E-state index < -0.39 is 0 Å². The second-order valence-electron chi connectivity index (χ2n) is 3.32. The van der Waals surface area contributed by atoms with E-state index in [4.69, 9.17) is 22.4 Å². The Kier molecular flexibility index (Phi) is 1.56. The average molecular weight is 184 g/mol. The fraction of sp³-hybridized carbons (Fsp3) is 0.333. The lowest BCUT2D eigenvalue weighted by Gasteiger charge is -2.09. The zero-order valence-electron chi connectivity index (χ0n) is 6.55. The Labute approximate surface area is 76.0 Å². The first kappa shape index (κ1) is 7.90. The van der Waals surface area contributed by atoms with Crippen LogP contribution in [0.1, 0.15) is 18.4 Å². The van der Waals surface area contributed by atoms with Gasteiger partial charge in [-0.1, -0.05) is 17.7 Å². The Balaban J connectivity index is 2.41. The van der Waals surface area contributed by atoms with E-state index in [1.165, 1.54) is 0 Å². The van der Waals surface area contributed by atoms with E-state index in [1.54, 1.807) is 12.1 Å². The van der Waals surface area contributed by atoms with E-state index in [-0.39, 0.29) is 11.3 Å². The number of rotatable bonds is 1. The molecule has 0 spiro atoms. The fourth-order valence-corrected chi connectivity index (χ4v) is 1.42. The summed E-state index contributed by atoms with van der Waals surface area (Å²) in [6.07, 6.45) is 2.02. The molecule has 0 radical (unpaired) electrons. The van der Waals surface area contributed by atoms with Gasteiger partial charge < -0.3 is 10.8 Å². The molecule has 0 atom stereocenters. The van der Waals surface area contributed by atoms with Gasteiger partial charge in [-0.25, -0.2) is 0 Å². The lowest BCUT2D eigenvalue weighted by molar-refractivity contribution is 0.475. The molecular weight excluding hydrogens is 174 g/mol. The summed E-state index contributed by atoms with van der Waals surface area (Å²) >= 11 is 5.74. The molecule has 0 aliphatic heterocycles. The maximum atomic E-state index is 9.16. The van der Waals surface area contributed by atoms with Crippen molar-refractivity contribution < 1.29 is 5.11 Å². The van der Waals surface area contributed by atoms with Gasteiger partial charge in [0.2, 0.25) is 0 Å². The van der Waals surface area contributed by atoms with Gasteiger partial charge in [0, 0.05) is 5.54 Å². The highest BCUT2D eigenvalue weighted by Crippen LogP contribution is 2.44. The number of halogens is 1. The first-order chi connectivity index (χ1) is 5.62. The molecule has 1 aliphatic carbocycles. The second kappa shape index (κ2) is 2.38. The number of phenols is 1. The SMILES string of the molecule is NC1(c2ccc(O)c(Cl)c2)CC1. The topological polar surface area (TPSA) is 46.2 Å². The minimum absolute atomic E-state index is 0.115.